The fourth-order valence-corrected chi connectivity index (χ4v) is 2.11. The molecule has 0 saturated heterocycles. The summed E-state index contributed by atoms with van der Waals surface area (Å²) in [4.78, 5) is 24.1. The Hall–Kier alpha value is -3.61. The summed E-state index contributed by atoms with van der Waals surface area (Å²) in [5, 5.41) is 3.71. The Morgan fingerprint density at radius 2 is 1.64 bits per heavy atom. The van der Waals surface area contributed by atoms with Crippen molar-refractivity contribution in [2.24, 2.45) is 0 Å². The van der Waals surface area contributed by atoms with Gasteiger partial charge in [0, 0.05) is 17.2 Å². The number of hydrogen-bond acceptors (Lipinski definition) is 5. The lowest BCUT2D eigenvalue weighted by Gasteiger charge is -2.06. The summed E-state index contributed by atoms with van der Waals surface area (Å²) in [5.41, 5.74) is 5.87. The first-order valence-electron chi connectivity index (χ1n) is 7.44. The number of hydrogen-bond donors (Lipinski definition) is 2. The zero-order valence-corrected chi connectivity index (χ0v) is 13.4. The molecule has 1 heterocycles. The van der Waals surface area contributed by atoms with E-state index in [4.69, 9.17) is 9.26 Å². The molecule has 0 radical (unpaired) electrons. The number of aromatic nitrogens is 1. The molecule has 2 N–H and O–H groups in total. The van der Waals surface area contributed by atoms with Gasteiger partial charge >= 0.3 is 0 Å². The quantitative estimate of drug-likeness (QED) is 0.713. The molecule has 25 heavy (non-hydrogen) atoms. The lowest BCUT2D eigenvalue weighted by Crippen LogP contribution is -2.41. The minimum atomic E-state index is -0.576. The van der Waals surface area contributed by atoms with E-state index in [1.54, 1.807) is 24.3 Å². The number of nitrogens with zero attached hydrogens (tertiary/aromatic N) is 1. The van der Waals surface area contributed by atoms with Crippen molar-refractivity contribution in [1.29, 1.82) is 0 Å². The lowest BCUT2D eigenvalue weighted by molar-refractivity contribution is 0.0841. The SMILES string of the molecule is COc1ccc(C(=O)NNC(=O)c2cc(-c3ccccc3)on2)cc1. The highest BCUT2D eigenvalue weighted by Crippen LogP contribution is 2.19. The number of nitrogens with one attached hydrogen (secondary N) is 2. The Kier molecular flexibility index (Phi) is 4.75. The highest BCUT2D eigenvalue weighted by molar-refractivity contribution is 5.98. The molecule has 3 aromatic rings. The molecule has 7 heteroatoms. The maximum absolute atomic E-state index is 12.1. The molecule has 0 spiro atoms. The number of ether oxygens (including phenoxy) is 1. The average Bonchev–Trinajstić information content (AvgIpc) is 3.17. The van der Waals surface area contributed by atoms with Crippen LogP contribution in [0.4, 0.5) is 0 Å². The van der Waals surface area contributed by atoms with Gasteiger partial charge in [-0.1, -0.05) is 35.5 Å². The monoisotopic (exact) mass is 337 g/mol. The van der Waals surface area contributed by atoms with E-state index < -0.39 is 11.8 Å². The van der Waals surface area contributed by atoms with E-state index in [-0.39, 0.29) is 5.69 Å². The molecule has 0 aliphatic heterocycles. The second kappa shape index (κ2) is 7.31. The predicted octanol–water partition coefficient (Wildman–Crippen LogP) is 2.43. The van der Waals surface area contributed by atoms with Crippen LogP contribution in [0.5, 0.6) is 5.75 Å². The van der Waals surface area contributed by atoms with Crippen molar-refractivity contribution in [1.82, 2.24) is 16.0 Å². The number of carbonyl (C=O) groups is 2. The second-order valence-corrected chi connectivity index (χ2v) is 5.08. The fraction of sp³-hybridized carbons (Fsp3) is 0.0556. The van der Waals surface area contributed by atoms with Crippen molar-refractivity contribution in [2.75, 3.05) is 7.11 Å². The van der Waals surface area contributed by atoms with Gasteiger partial charge in [-0.05, 0) is 24.3 Å². The van der Waals surface area contributed by atoms with Gasteiger partial charge in [0.15, 0.2) is 11.5 Å². The first-order chi connectivity index (χ1) is 12.2. The molecule has 0 atom stereocenters. The van der Waals surface area contributed by atoms with Crippen LogP contribution >= 0.6 is 0 Å². The van der Waals surface area contributed by atoms with E-state index in [0.29, 0.717) is 17.1 Å². The molecule has 0 aliphatic rings. The lowest BCUT2D eigenvalue weighted by atomic mass is 10.1. The summed E-state index contributed by atoms with van der Waals surface area (Å²) >= 11 is 0. The maximum Gasteiger partial charge on any atom is 0.291 e. The Bertz CT molecular complexity index is 873. The summed E-state index contributed by atoms with van der Waals surface area (Å²) in [6.07, 6.45) is 0. The Balaban J connectivity index is 1.60. The van der Waals surface area contributed by atoms with Gasteiger partial charge in [0.2, 0.25) is 0 Å². The second-order valence-electron chi connectivity index (χ2n) is 5.08. The van der Waals surface area contributed by atoms with Crippen LogP contribution in [0.1, 0.15) is 20.8 Å². The maximum atomic E-state index is 12.1. The predicted molar refractivity (Wildman–Crippen MR) is 89.9 cm³/mol. The summed E-state index contributed by atoms with van der Waals surface area (Å²) < 4.78 is 10.2. The minimum Gasteiger partial charge on any atom is -0.497 e. The summed E-state index contributed by atoms with van der Waals surface area (Å²) in [7, 11) is 1.54. The molecule has 126 valence electrons. The number of benzene rings is 2. The van der Waals surface area contributed by atoms with Crippen LogP contribution in [-0.4, -0.2) is 24.1 Å². The Labute approximate surface area is 143 Å². The van der Waals surface area contributed by atoms with Crippen molar-refractivity contribution < 1.29 is 18.8 Å². The highest BCUT2D eigenvalue weighted by atomic mass is 16.5. The van der Waals surface area contributed by atoms with Gasteiger partial charge < -0.3 is 9.26 Å². The molecular weight excluding hydrogens is 322 g/mol. The van der Waals surface area contributed by atoms with E-state index >= 15 is 0 Å². The molecule has 0 unspecified atom stereocenters. The van der Waals surface area contributed by atoms with Crippen LogP contribution in [0.25, 0.3) is 11.3 Å². The third-order valence-corrected chi connectivity index (χ3v) is 3.44. The molecule has 2 amide bonds. The van der Waals surface area contributed by atoms with Crippen molar-refractivity contribution in [3.63, 3.8) is 0 Å². The zero-order valence-electron chi connectivity index (χ0n) is 13.4. The standard InChI is InChI=1S/C18H15N3O4/c1-24-14-9-7-13(8-10-14)17(22)19-20-18(23)15-11-16(25-21-15)12-5-3-2-4-6-12/h2-11H,1H3,(H,19,22)(H,20,23). The van der Waals surface area contributed by atoms with Crippen molar-refractivity contribution in [3.8, 4) is 17.1 Å². The molecule has 0 saturated carbocycles. The van der Waals surface area contributed by atoms with Crippen LogP contribution in [-0.2, 0) is 0 Å². The zero-order chi connectivity index (χ0) is 17.6. The third-order valence-electron chi connectivity index (χ3n) is 3.44. The van der Waals surface area contributed by atoms with Crippen molar-refractivity contribution >= 4 is 11.8 Å². The first kappa shape index (κ1) is 16.3. The smallest absolute Gasteiger partial charge is 0.291 e. The van der Waals surface area contributed by atoms with Crippen LogP contribution in [0.2, 0.25) is 0 Å². The molecule has 3 rings (SSSR count). The Morgan fingerprint density at radius 3 is 2.32 bits per heavy atom. The van der Waals surface area contributed by atoms with E-state index in [1.807, 2.05) is 30.3 Å². The van der Waals surface area contributed by atoms with Crippen LogP contribution < -0.4 is 15.6 Å². The van der Waals surface area contributed by atoms with E-state index in [0.717, 1.165) is 5.56 Å². The van der Waals surface area contributed by atoms with E-state index in [9.17, 15) is 9.59 Å². The van der Waals surface area contributed by atoms with Crippen LogP contribution in [0.3, 0.4) is 0 Å². The molecule has 0 fully saturated rings. The van der Waals surface area contributed by atoms with E-state index in [1.165, 1.54) is 13.2 Å². The number of rotatable bonds is 4. The number of carbonyl (C=O) groups excluding carboxylic acids is 2. The normalized spacial score (nSPS) is 10.1. The molecule has 0 aliphatic carbocycles. The molecule has 2 aromatic carbocycles. The molecule has 0 bridgehead atoms. The highest BCUT2D eigenvalue weighted by Gasteiger charge is 2.14. The van der Waals surface area contributed by atoms with Crippen LogP contribution in [0.15, 0.2) is 65.2 Å². The third kappa shape index (κ3) is 3.84. The number of amides is 2. The summed E-state index contributed by atoms with van der Waals surface area (Å²) in [5.74, 6) is 0.0689. The average molecular weight is 337 g/mol. The van der Waals surface area contributed by atoms with Crippen molar-refractivity contribution in [3.05, 3.63) is 71.9 Å². The van der Waals surface area contributed by atoms with Crippen LogP contribution in [0, 0.1) is 0 Å². The first-order valence-corrected chi connectivity index (χ1v) is 7.44. The Morgan fingerprint density at radius 1 is 0.960 bits per heavy atom. The van der Waals surface area contributed by atoms with Gasteiger partial charge in [0.1, 0.15) is 5.75 Å². The molecule has 1 aromatic heterocycles. The van der Waals surface area contributed by atoms with Gasteiger partial charge in [-0.3, -0.25) is 20.4 Å². The van der Waals surface area contributed by atoms with Crippen molar-refractivity contribution in [2.45, 2.75) is 0 Å². The topological polar surface area (TPSA) is 93.5 Å². The largest absolute Gasteiger partial charge is 0.497 e. The van der Waals surface area contributed by atoms with Gasteiger partial charge in [0.05, 0.1) is 7.11 Å². The van der Waals surface area contributed by atoms with E-state index in [2.05, 4.69) is 16.0 Å². The fourth-order valence-electron chi connectivity index (χ4n) is 2.11. The van der Waals surface area contributed by atoms with Gasteiger partial charge in [0.25, 0.3) is 11.8 Å². The summed E-state index contributed by atoms with van der Waals surface area (Å²) in [6.45, 7) is 0. The van der Waals surface area contributed by atoms with Gasteiger partial charge in [-0.25, -0.2) is 0 Å². The minimum absolute atomic E-state index is 0.0638. The number of hydrazine groups is 1. The number of methoxy groups -OCH3 is 1. The summed E-state index contributed by atoms with van der Waals surface area (Å²) in [6, 6.07) is 17.3. The van der Waals surface area contributed by atoms with Gasteiger partial charge in [-0.15, -0.1) is 0 Å². The van der Waals surface area contributed by atoms with Gasteiger partial charge in [-0.2, -0.15) is 0 Å². The molecule has 7 nitrogen and oxygen atoms in total. The molecular formula is C18H15N3O4.